The Morgan fingerprint density at radius 2 is 2.30 bits per heavy atom. The van der Waals surface area contributed by atoms with Gasteiger partial charge in [0.25, 0.3) is 0 Å². The maximum atomic E-state index is 12.1. The molecule has 0 aromatic carbocycles. The van der Waals surface area contributed by atoms with Gasteiger partial charge in [-0.1, -0.05) is 0 Å². The van der Waals surface area contributed by atoms with E-state index in [1.165, 1.54) is 5.01 Å². The highest BCUT2D eigenvalue weighted by Crippen LogP contribution is 2.30. The molecule has 1 aliphatic rings. The molecule has 1 aliphatic heterocycles. The summed E-state index contributed by atoms with van der Waals surface area (Å²) in [5, 5.41) is 12.6. The number of nitrogens with zero attached hydrogens (tertiary/aromatic N) is 3. The first kappa shape index (κ1) is 13.1. The Kier molecular flexibility index (Phi) is 3.68. The van der Waals surface area contributed by atoms with E-state index in [1.807, 2.05) is 11.8 Å². The van der Waals surface area contributed by atoms with Gasteiger partial charge < -0.3 is 10.2 Å². The third-order valence-corrected chi connectivity index (χ3v) is 4.64. The molecule has 0 spiro atoms. The van der Waals surface area contributed by atoms with E-state index >= 15 is 0 Å². The monoisotopic (exact) mass is 291 g/mol. The number of hydrogen-bond donors (Lipinski definition) is 2. The predicted molar refractivity (Wildman–Crippen MR) is 78.0 cm³/mol. The number of likely N-dealkylation sites (tertiary alicyclic amines) is 1. The van der Waals surface area contributed by atoms with Crippen LogP contribution in [0.2, 0.25) is 0 Å². The van der Waals surface area contributed by atoms with E-state index in [9.17, 15) is 4.79 Å². The second-order valence-corrected chi connectivity index (χ2v) is 5.90. The van der Waals surface area contributed by atoms with Crippen molar-refractivity contribution in [2.45, 2.75) is 25.7 Å². The van der Waals surface area contributed by atoms with Gasteiger partial charge in [-0.05, 0) is 19.8 Å². The fourth-order valence-electron chi connectivity index (χ4n) is 2.41. The molecule has 3 heterocycles. The normalized spacial score (nSPS) is 16.4. The number of H-pyrrole nitrogens is 1. The van der Waals surface area contributed by atoms with Crippen molar-refractivity contribution >= 4 is 23.1 Å². The lowest BCUT2D eigenvalue weighted by molar-refractivity contribution is 0.194. The topological polar surface area (TPSA) is 73.9 Å². The molecule has 106 valence electrons. The van der Waals surface area contributed by atoms with Gasteiger partial charge in [-0.25, -0.2) is 9.78 Å². The average molecular weight is 291 g/mol. The van der Waals surface area contributed by atoms with Gasteiger partial charge >= 0.3 is 6.03 Å². The maximum Gasteiger partial charge on any atom is 0.321 e. The van der Waals surface area contributed by atoms with E-state index in [2.05, 4.69) is 25.9 Å². The molecular weight excluding hydrogens is 274 g/mol. The molecule has 0 saturated carbocycles. The predicted octanol–water partition coefficient (Wildman–Crippen LogP) is 2.59. The van der Waals surface area contributed by atoms with Gasteiger partial charge in [0.05, 0.1) is 16.9 Å². The zero-order valence-corrected chi connectivity index (χ0v) is 12.1. The highest BCUT2D eigenvalue weighted by Gasteiger charge is 2.25. The third-order valence-electron chi connectivity index (χ3n) is 3.52. The van der Waals surface area contributed by atoms with Crippen molar-refractivity contribution in [2.24, 2.45) is 0 Å². The number of anilines is 1. The number of aromatic nitrogens is 3. The Labute approximate surface area is 121 Å². The molecule has 3 rings (SSSR count). The quantitative estimate of drug-likeness (QED) is 0.893. The van der Waals surface area contributed by atoms with E-state index < -0.39 is 0 Å². The number of carbonyl (C=O) groups excluding carboxylic acids is 1. The Morgan fingerprint density at radius 1 is 1.50 bits per heavy atom. The molecule has 2 N–H and O–H groups in total. The second-order valence-electron chi connectivity index (χ2n) is 5.01. The molecule has 1 saturated heterocycles. The summed E-state index contributed by atoms with van der Waals surface area (Å²) in [7, 11) is 0. The summed E-state index contributed by atoms with van der Waals surface area (Å²) in [5.41, 5.74) is 1.79. The zero-order chi connectivity index (χ0) is 13.9. The molecule has 0 atom stereocenters. The van der Waals surface area contributed by atoms with Gasteiger partial charge in [0, 0.05) is 36.3 Å². The van der Waals surface area contributed by atoms with E-state index in [-0.39, 0.29) is 6.03 Å². The summed E-state index contributed by atoms with van der Waals surface area (Å²) in [6.45, 7) is 3.56. The van der Waals surface area contributed by atoms with Crippen LogP contribution in [0.4, 0.5) is 10.5 Å². The molecule has 2 amide bonds. The number of aryl methyl sites for hydroxylation is 1. The lowest BCUT2D eigenvalue weighted by Gasteiger charge is -2.30. The summed E-state index contributed by atoms with van der Waals surface area (Å²) in [6, 6.07) is -0.0554. The van der Waals surface area contributed by atoms with Gasteiger partial charge in [0.1, 0.15) is 0 Å². The summed E-state index contributed by atoms with van der Waals surface area (Å²) in [4.78, 5) is 18.5. The number of carbonyl (C=O) groups is 1. The van der Waals surface area contributed by atoms with Crippen LogP contribution in [0.15, 0.2) is 17.8 Å². The molecule has 0 radical (unpaired) electrons. The van der Waals surface area contributed by atoms with Crippen molar-refractivity contribution in [3.05, 3.63) is 28.5 Å². The molecule has 2 aromatic rings. The largest absolute Gasteiger partial charge is 0.324 e. The lowest BCUT2D eigenvalue weighted by Crippen LogP contribution is -2.40. The Balaban J connectivity index is 1.54. The molecular formula is C13H17N5OS. The molecule has 0 unspecified atom stereocenters. The van der Waals surface area contributed by atoms with Crippen molar-refractivity contribution in [1.82, 2.24) is 20.1 Å². The van der Waals surface area contributed by atoms with Crippen molar-refractivity contribution in [3.8, 4) is 0 Å². The standard InChI is InChI=1S/C13H17N5OS/c1-9-8-20-12(16-9)10-2-4-18(5-3-10)13(19)17-11-6-14-15-7-11/h6-8,10H,2-5H2,1H3,(H,14,15)(H,17,19). The molecule has 6 nitrogen and oxygen atoms in total. The van der Waals surface area contributed by atoms with Crippen LogP contribution in [0.25, 0.3) is 0 Å². The molecule has 2 aromatic heterocycles. The summed E-state index contributed by atoms with van der Waals surface area (Å²) in [5.74, 6) is 0.492. The summed E-state index contributed by atoms with van der Waals surface area (Å²) in [6.07, 6.45) is 5.23. The Hall–Kier alpha value is -1.89. The lowest BCUT2D eigenvalue weighted by atomic mass is 9.98. The SMILES string of the molecule is Cc1csc(C2CCN(C(=O)Nc3cn[nH]c3)CC2)n1. The highest BCUT2D eigenvalue weighted by molar-refractivity contribution is 7.09. The number of aromatic amines is 1. The minimum absolute atomic E-state index is 0.0554. The number of hydrogen-bond acceptors (Lipinski definition) is 4. The van der Waals surface area contributed by atoms with Crippen LogP contribution in [0, 0.1) is 6.92 Å². The van der Waals surface area contributed by atoms with E-state index in [0.717, 1.165) is 31.6 Å². The number of rotatable bonds is 2. The number of thiazole rings is 1. The van der Waals surface area contributed by atoms with Gasteiger partial charge in [-0.3, -0.25) is 5.10 Å². The first-order chi connectivity index (χ1) is 9.72. The van der Waals surface area contributed by atoms with Crippen molar-refractivity contribution in [2.75, 3.05) is 18.4 Å². The van der Waals surface area contributed by atoms with E-state index in [0.29, 0.717) is 11.6 Å². The number of piperidine rings is 1. The zero-order valence-electron chi connectivity index (χ0n) is 11.3. The molecule has 20 heavy (non-hydrogen) atoms. The van der Waals surface area contributed by atoms with E-state index in [4.69, 9.17) is 0 Å². The van der Waals surface area contributed by atoms with Crippen LogP contribution in [-0.2, 0) is 0 Å². The van der Waals surface area contributed by atoms with E-state index in [1.54, 1.807) is 23.7 Å². The van der Waals surface area contributed by atoms with Crippen LogP contribution < -0.4 is 5.32 Å². The molecule has 1 fully saturated rings. The first-order valence-corrected chi connectivity index (χ1v) is 7.57. The number of nitrogens with one attached hydrogen (secondary N) is 2. The summed E-state index contributed by atoms with van der Waals surface area (Å²) < 4.78 is 0. The molecule has 0 aliphatic carbocycles. The number of urea groups is 1. The van der Waals surface area contributed by atoms with Gasteiger partial charge in [-0.15, -0.1) is 11.3 Å². The summed E-state index contributed by atoms with van der Waals surface area (Å²) >= 11 is 1.73. The second kappa shape index (κ2) is 5.62. The minimum atomic E-state index is -0.0554. The Bertz CT molecular complexity index is 571. The van der Waals surface area contributed by atoms with Crippen LogP contribution in [0.5, 0.6) is 0 Å². The van der Waals surface area contributed by atoms with Crippen LogP contribution >= 0.6 is 11.3 Å². The fourth-order valence-corrected chi connectivity index (χ4v) is 3.38. The average Bonchev–Trinajstić information content (AvgIpc) is 3.10. The van der Waals surface area contributed by atoms with Crippen LogP contribution in [0.3, 0.4) is 0 Å². The third kappa shape index (κ3) is 2.82. The fraction of sp³-hybridized carbons (Fsp3) is 0.462. The smallest absolute Gasteiger partial charge is 0.321 e. The molecule has 7 heteroatoms. The van der Waals surface area contributed by atoms with Gasteiger partial charge in [0.15, 0.2) is 0 Å². The van der Waals surface area contributed by atoms with Gasteiger partial charge in [0.2, 0.25) is 0 Å². The maximum absolute atomic E-state index is 12.1. The van der Waals surface area contributed by atoms with Crippen LogP contribution in [0.1, 0.15) is 29.5 Å². The van der Waals surface area contributed by atoms with Crippen LogP contribution in [-0.4, -0.2) is 39.2 Å². The first-order valence-electron chi connectivity index (χ1n) is 6.69. The van der Waals surface area contributed by atoms with Crippen molar-refractivity contribution < 1.29 is 4.79 Å². The minimum Gasteiger partial charge on any atom is -0.324 e. The van der Waals surface area contributed by atoms with Crippen molar-refractivity contribution in [3.63, 3.8) is 0 Å². The van der Waals surface area contributed by atoms with Gasteiger partial charge in [-0.2, -0.15) is 5.10 Å². The molecule has 0 bridgehead atoms. The highest BCUT2D eigenvalue weighted by atomic mass is 32.1. The number of amides is 2. The Morgan fingerprint density at radius 3 is 2.90 bits per heavy atom. The van der Waals surface area contributed by atoms with Crippen molar-refractivity contribution in [1.29, 1.82) is 0 Å².